The Hall–Kier alpha value is -5.34. The Balaban J connectivity index is 1.44. The lowest BCUT2D eigenvalue weighted by atomic mass is 10.1. The number of nitro groups is 3. The van der Waals surface area contributed by atoms with Crippen molar-refractivity contribution >= 4 is 52.2 Å². The van der Waals surface area contributed by atoms with E-state index >= 15 is 0 Å². The van der Waals surface area contributed by atoms with Crippen LogP contribution in [0.3, 0.4) is 0 Å². The fourth-order valence-corrected chi connectivity index (χ4v) is 4.78. The number of halogens is 1. The Morgan fingerprint density at radius 3 is 2.12 bits per heavy atom. The van der Waals surface area contributed by atoms with E-state index in [9.17, 15) is 39.9 Å². The van der Waals surface area contributed by atoms with E-state index in [2.05, 4.69) is 0 Å². The molecule has 0 aliphatic carbocycles. The molecule has 0 amide bonds. The molecule has 4 aromatic rings. The number of ether oxygens (including phenoxy) is 2. The van der Waals surface area contributed by atoms with Gasteiger partial charge in [-0.2, -0.15) is 0 Å². The first-order valence-corrected chi connectivity index (χ1v) is 12.9. The minimum atomic E-state index is -0.873. The maximum absolute atomic E-state index is 12.8. The summed E-state index contributed by atoms with van der Waals surface area (Å²) in [6.45, 7) is -0.633. The Morgan fingerprint density at radius 2 is 1.45 bits per heavy atom. The van der Waals surface area contributed by atoms with Gasteiger partial charge < -0.3 is 9.47 Å². The molecule has 0 bridgehead atoms. The Morgan fingerprint density at radius 1 is 0.762 bits per heavy atom. The highest BCUT2D eigenvalue weighted by Crippen LogP contribution is 2.39. The van der Waals surface area contributed by atoms with Gasteiger partial charge in [0.25, 0.3) is 11.4 Å². The second kappa shape index (κ2) is 12.9. The van der Waals surface area contributed by atoms with Crippen molar-refractivity contribution in [3.05, 3.63) is 131 Å². The zero-order valence-corrected chi connectivity index (χ0v) is 22.6. The third kappa shape index (κ3) is 6.86. The predicted octanol–water partition coefficient (Wildman–Crippen LogP) is 7.05. The van der Waals surface area contributed by atoms with Crippen LogP contribution < -0.4 is 4.74 Å². The number of nitro benzene ring substituents is 3. The number of para-hydroxylation sites is 1. The highest BCUT2D eigenvalue weighted by molar-refractivity contribution is 7.99. The SMILES string of the molecule is O=C(COC(=O)c1ccccc1Sc1ccc([N+](=O)[O-])cc1[N+](=O)[O-])c1ccc(Oc2c(Cl)cccc2[N+](=O)[O-])cc1. The normalized spacial score (nSPS) is 10.5. The van der Waals surface area contributed by atoms with E-state index < -0.39 is 44.5 Å². The molecule has 4 aromatic carbocycles. The van der Waals surface area contributed by atoms with Crippen LogP contribution in [0.1, 0.15) is 20.7 Å². The fraction of sp³-hybridized carbons (Fsp3) is 0.0370. The summed E-state index contributed by atoms with van der Waals surface area (Å²) in [5.41, 5.74) is -1.12. The number of nitrogens with zero attached hydrogens (tertiary/aromatic N) is 3. The standard InChI is InChI=1S/C27H16ClN3O10S/c28-20-5-3-6-21(30(36)37)26(20)41-18-11-8-16(9-12-18)23(32)15-40-27(33)19-4-1-2-7-24(19)42-25-13-10-17(29(34)35)14-22(25)31(38)39/h1-14H,15H2. The molecule has 42 heavy (non-hydrogen) atoms. The van der Waals surface area contributed by atoms with Gasteiger partial charge in [0.15, 0.2) is 12.4 Å². The topological polar surface area (TPSA) is 182 Å². The molecule has 0 saturated carbocycles. The average molecular weight is 610 g/mol. The lowest BCUT2D eigenvalue weighted by Crippen LogP contribution is -2.14. The minimum Gasteiger partial charge on any atom is -0.454 e. The molecule has 0 spiro atoms. The molecule has 4 rings (SSSR count). The number of rotatable bonds is 11. The van der Waals surface area contributed by atoms with Gasteiger partial charge in [-0.3, -0.25) is 35.1 Å². The summed E-state index contributed by atoms with van der Waals surface area (Å²) in [6, 6.07) is 18.8. The number of carbonyl (C=O) groups is 2. The first kappa shape index (κ1) is 29.6. The average Bonchev–Trinajstić information content (AvgIpc) is 2.97. The maximum Gasteiger partial charge on any atom is 0.339 e. The van der Waals surface area contributed by atoms with Crippen molar-refractivity contribution in [1.29, 1.82) is 0 Å². The molecule has 0 N–H and O–H groups in total. The molecule has 0 aliphatic rings. The van der Waals surface area contributed by atoms with Crippen LogP contribution >= 0.6 is 23.4 Å². The summed E-state index contributed by atoms with van der Waals surface area (Å²) in [7, 11) is 0. The number of non-ortho nitro benzene ring substituents is 1. The molecule has 0 unspecified atom stereocenters. The monoisotopic (exact) mass is 609 g/mol. The van der Waals surface area contributed by atoms with Gasteiger partial charge in [0, 0.05) is 22.6 Å². The number of hydrogen-bond donors (Lipinski definition) is 0. The van der Waals surface area contributed by atoms with E-state index in [4.69, 9.17) is 21.1 Å². The number of hydrogen-bond acceptors (Lipinski definition) is 11. The van der Waals surface area contributed by atoms with E-state index in [0.29, 0.717) is 0 Å². The Labute approximate surface area is 245 Å². The fourth-order valence-electron chi connectivity index (χ4n) is 3.55. The number of ketones is 1. The summed E-state index contributed by atoms with van der Waals surface area (Å²) in [4.78, 5) is 57.4. The summed E-state index contributed by atoms with van der Waals surface area (Å²) < 4.78 is 10.7. The number of Topliss-reactive ketones (excluding diaryl/α,β-unsaturated/α-hetero) is 1. The smallest absolute Gasteiger partial charge is 0.339 e. The molecular formula is C27H16ClN3O10S. The molecule has 13 nitrogen and oxygen atoms in total. The highest BCUT2D eigenvalue weighted by atomic mass is 35.5. The van der Waals surface area contributed by atoms with Crippen LogP contribution in [0.15, 0.2) is 94.7 Å². The molecule has 0 saturated heterocycles. The van der Waals surface area contributed by atoms with Crippen molar-refractivity contribution in [2.75, 3.05) is 6.61 Å². The van der Waals surface area contributed by atoms with E-state index in [-0.39, 0.29) is 43.1 Å². The third-order valence-electron chi connectivity index (χ3n) is 5.55. The summed E-state index contributed by atoms with van der Waals surface area (Å²) >= 11 is 6.87. The first-order chi connectivity index (χ1) is 20.0. The number of esters is 1. The highest BCUT2D eigenvalue weighted by Gasteiger charge is 2.23. The lowest BCUT2D eigenvalue weighted by Gasteiger charge is -2.10. The molecule has 0 atom stereocenters. The zero-order valence-electron chi connectivity index (χ0n) is 21.0. The van der Waals surface area contributed by atoms with Gasteiger partial charge in [0.05, 0.1) is 36.3 Å². The lowest BCUT2D eigenvalue weighted by molar-refractivity contribution is -0.396. The molecule has 212 valence electrons. The predicted molar refractivity (Wildman–Crippen MR) is 150 cm³/mol. The van der Waals surface area contributed by atoms with Gasteiger partial charge in [0.2, 0.25) is 5.75 Å². The van der Waals surface area contributed by atoms with Crippen LogP contribution in [-0.2, 0) is 4.74 Å². The number of carbonyl (C=O) groups excluding carboxylic acids is 2. The van der Waals surface area contributed by atoms with Crippen LogP contribution in [0.2, 0.25) is 5.02 Å². The van der Waals surface area contributed by atoms with Crippen LogP contribution in [0, 0.1) is 30.3 Å². The van der Waals surface area contributed by atoms with Gasteiger partial charge in [-0.05, 0) is 48.5 Å². The largest absolute Gasteiger partial charge is 0.454 e. The van der Waals surface area contributed by atoms with Crippen molar-refractivity contribution in [3.8, 4) is 11.5 Å². The van der Waals surface area contributed by atoms with Crippen molar-refractivity contribution in [2.24, 2.45) is 0 Å². The quantitative estimate of drug-likeness (QED) is 0.0734. The molecule has 0 heterocycles. The first-order valence-electron chi connectivity index (χ1n) is 11.7. The molecule has 0 fully saturated rings. The second-order valence-electron chi connectivity index (χ2n) is 8.24. The summed E-state index contributed by atoms with van der Waals surface area (Å²) in [5.74, 6) is -1.42. The van der Waals surface area contributed by atoms with Crippen LogP contribution in [-0.4, -0.2) is 33.1 Å². The summed E-state index contributed by atoms with van der Waals surface area (Å²) in [5, 5.41) is 33.8. The van der Waals surface area contributed by atoms with E-state index in [1.807, 2.05) is 0 Å². The van der Waals surface area contributed by atoms with Crippen molar-refractivity contribution < 1.29 is 33.8 Å². The molecule has 0 radical (unpaired) electrons. The Kier molecular flexibility index (Phi) is 9.09. The van der Waals surface area contributed by atoms with Crippen molar-refractivity contribution in [1.82, 2.24) is 0 Å². The Bertz CT molecular complexity index is 1730. The molecule has 0 aliphatic heterocycles. The van der Waals surface area contributed by atoms with Crippen LogP contribution in [0.4, 0.5) is 17.1 Å². The minimum absolute atomic E-state index is 0.0213. The van der Waals surface area contributed by atoms with E-state index in [1.165, 1.54) is 66.7 Å². The van der Waals surface area contributed by atoms with E-state index in [0.717, 1.165) is 23.9 Å². The van der Waals surface area contributed by atoms with E-state index in [1.54, 1.807) is 6.07 Å². The third-order valence-corrected chi connectivity index (χ3v) is 6.99. The molecule has 0 aromatic heterocycles. The van der Waals surface area contributed by atoms with Gasteiger partial charge in [-0.15, -0.1) is 0 Å². The summed E-state index contributed by atoms with van der Waals surface area (Å²) in [6.07, 6.45) is 0. The van der Waals surface area contributed by atoms with Crippen LogP contribution in [0.25, 0.3) is 0 Å². The molecule has 15 heteroatoms. The molecular weight excluding hydrogens is 594 g/mol. The maximum atomic E-state index is 12.8. The van der Waals surface area contributed by atoms with Gasteiger partial charge in [0.1, 0.15) is 5.75 Å². The van der Waals surface area contributed by atoms with Crippen molar-refractivity contribution in [3.63, 3.8) is 0 Å². The van der Waals surface area contributed by atoms with Gasteiger partial charge >= 0.3 is 11.7 Å². The number of benzene rings is 4. The van der Waals surface area contributed by atoms with Gasteiger partial charge in [-0.1, -0.05) is 41.6 Å². The zero-order chi connectivity index (χ0) is 30.4. The second-order valence-corrected chi connectivity index (χ2v) is 9.73. The van der Waals surface area contributed by atoms with Crippen LogP contribution in [0.5, 0.6) is 11.5 Å². The van der Waals surface area contributed by atoms with Crippen molar-refractivity contribution in [2.45, 2.75) is 9.79 Å². The van der Waals surface area contributed by atoms with Gasteiger partial charge in [-0.25, -0.2) is 4.79 Å².